The number of nitrogens with zero attached hydrogens (tertiary/aromatic N) is 2. The minimum absolute atomic E-state index is 0.154. The van der Waals surface area contributed by atoms with Crippen LogP contribution in [0.5, 0.6) is 0 Å². The molecule has 0 aliphatic carbocycles. The van der Waals surface area contributed by atoms with Crippen LogP contribution < -0.4 is 0 Å². The SMILES string of the molecule is Fc1cc(CN2C=Nc3ccccc3C2)ccc1Cl. The maximum atomic E-state index is 13.4. The number of benzene rings is 2. The second-order valence-corrected chi connectivity index (χ2v) is 4.93. The van der Waals surface area contributed by atoms with Crippen molar-refractivity contribution in [2.45, 2.75) is 13.1 Å². The molecule has 0 saturated carbocycles. The molecule has 0 unspecified atom stereocenters. The van der Waals surface area contributed by atoms with Gasteiger partial charge in [-0.05, 0) is 29.3 Å². The second kappa shape index (κ2) is 5.02. The van der Waals surface area contributed by atoms with Gasteiger partial charge in [0.25, 0.3) is 0 Å². The van der Waals surface area contributed by atoms with E-state index in [1.807, 2.05) is 29.2 Å². The highest BCUT2D eigenvalue weighted by Gasteiger charge is 2.12. The normalized spacial score (nSPS) is 13.5. The van der Waals surface area contributed by atoms with Gasteiger partial charge in [-0.2, -0.15) is 0 Å². The van der Waals surface area contributed by atoms with Gasteiger partial charge in [-0.3, -0.25) is 0 Å². The van der Waals surface area contributed by atoms with E-state index in [1.54, 1.807) is 12.4 Å². The number of fused-ring (bicyclic) bond motifs is 1. The Kier molecular flexibility index (Phi) is 3.22. The van der Waals surface area contributed by atoms with Gasteiger partial charge < -0.3 is 4.90 Å². The fourth-order valence-electron chi connectivity index (χ4n) is 2.14. The first-order valence-corrected chi connectivity index (χ1v) is 6.40. The lowest BCUT2D eigenvalue weighted by Crippen LogP contribution is -2.23. The Morgan fingerprint density at radius 3 is 2.89 bits per heavy atom. The summed E-state index contributed by atoms with van der Waals surface area (Å²) in [5.74, 6) is -0.381. The fraction of sp³-hybridized carbons (Fsp3) is 0.133. The molecule has 2 aromatic carbocycles. The van der Waals surface area contributed by atoms with Crippen LogP contribution in [0.3, 0.4) is 0 Å². The summed E-state index contributed by atoms with van der Waals surface area (Å²) in [4.78, 5) is 6.44. The van der Waals surface area contributed by atoms with Crippen LogP contribution in [-0.2, 0) is 13.1 Å². The summed E-state index contributed by atoms with van der Waals surface area (Å²) < 4.78 is 13.4. The van der Waals surface area contributed by atoms with Crippen LogP contribution in [0, 0.1) is 5.82 Å². The molecule has 0 saturated heterocycles. The van der Waals surface area contributed by atoms with Crippen molar-refractivity contribution in [3.63, 3.8) is 0 Å². The smallest absolute Gasteiger partial charge is 0.142 e. The Hall–Kier alpha value is -1.87. The largest absolute Gasteiger partial charge is 0.354 e. The molecule has 0 spiro atoms. The van der Waals surface area contributed by atoms with Gasteiger partial charge in [-0.25, -0.2) is 9.38 Å². The van der Waals surface area contributed by atoms with E-state index in [4.69, 9.17) is 11.6 Å². The standard InChI is InChI=1S/C15H12ClFN2/c16-13-6-5-11(7-14(13)17)8-19-9-12-3-1-2-4-15(12)18-10-19/h1-7,10H,8-9H2. The van der Waals surface area contributed by atoms with Crippen LogP contribution in [0.2, 0.25) is 5.02 Å². The zero-order valence-electron chi connectivity index (χ0n) is 10.2. The van der Waals surface area contributed by atoms with Gasteiger partial charge in [0.1, 0.15) is 5.82 Å². The van der Waals surface area contributed by atoms with Gasteiger partial charge in [0.05, 0.1) is 17.0 Å². The number of rotatable bonds is 2. The quantitative estimate of drug-likeness (QED) is 0.803. The Morgan fingerprint density at radius 2 is 2.05 bits per heavy atom. The van der Waals surface area contributed by atoms with E-state index in [2.05, 4.69) is 11.1 Å². The highest BCUT2D eigenvalue weighted by atomic mass is 35.5. The molecule has 1 aliphatic heterocycles. The average Bonchev–Trinajstić information content (AvgIpc) is 2.43. The summed E-state index contributed by atoms with van der Waals surface area (Å²) in [6, 6.07) is 12.9. The first-order valence-electron chi connectivity index (χ1n) is 6.02. The van der Waals surface area contributed by atoms with Crippen LogP contribution in [-0.4, -0.2) is 11.2 Å². The predicted octanol–water partition coefficient (Wildman–Crippen LogP) is 4.15. The van der Waals surface area contributed by atoms with E-state index in [0.29, 0.717) is 6.54 Å². The van der Waals surface area contributed by atoms with Crippen molar-refractivity contribution in [2.75, 3.05) is 0 Å². The van der Waals surface area contributed by atoms with Crippen molar-refractivity contribution in [3.05, 3.63) is 64.4 Å². The number of hydrogen-bond donors (Lipinski definition) is 0. The van der Waals surface area contributed by atoms with E-state index in [-0.39, 0.29) is 10.8 Å². The molecule has 96 valence electrons. The van der Waals surface area contributed by atoms with Crippen molar-refractivity contribution >= 4 is 23.6 Å². The molecule has 0 atom stereocenters. The van der Waals surface area contributed by atoms with E-state index in [9.17, 15) is 4.39 Å². The van der Waals surface area contributed by atoms with E-state index in [0.717, 1.165) is 17.8 Å². The molecule has 2 aromatic rings. The topological polar surface area (TPSA) is 15.6 Å². The fourth-order valence-corrected chi connectivity index (χ4v) is 2.26. The van der Waals surface area contributed by atoms with Crippen LogP contribution in [0.1, 0.15) is 11.1 Å². The van der Waals surface area contributed by atoms with Crippen molar-refractivity contribution in [2.24, 2.45) is 4.99 Å². The van der Waals surface area contributed by atoms with Crippen molar-refractivity contribution in [3.8, 4) is 0 Å². The van der Waals surface area contributed by atoms with Gasteiger partial charge in [0, 0.05) is 13.1 Å². The lowest BCUT2D eigenvalue weighted by atomic mass is 10.1. The number of aliphatic imine (C=N–C) groups is 1. The van der Waals surface area contributed by atoms with Crippen molar-refractivity contribution < 1.29 is 4.39 Å². The number of hydrogen-bond acceptors (Lipinski definition) is 2. The van der Waals surface area contributed by atoms with Crippen molar-refractivity contribution in [1.29, 1.82) is 0 Å². The van der Waals surface area contributed by atoms with Crippen LogP contribution in [0.25, 0.3) is 0 Å². The maximum Gasteiger partial charge on any atom is 0.142 e. The molecule has 1 heterocycles. The highest BCUT2D eigenvalue weighted by molar-refractivity contribution is 6.30. The third kappa shape index (κ3) is 2.61. The lowest BCUT2D eigenvalue weighted by molar-refractivity contribution is 0.413. The van der Waals surface area contributed by atoms with E-state index in [1.165, 1.54) is 11.6 Å². The van der Waals surface area contributed by atoms with Crippen molar-refractivity contribution in [1.82, 2.24) is 4.90 Å². The molecule has 2 nitrogen and oxygen atoms in total. The molecule has 0 radical (unpaired) electrons. The monoisotopic (exact) mass is 274 g/mol. The predicted molar refractivity (Wildman–Crippen MR) is 75.3 cm³/mol. The summed E-state index contributed by atoms with van der Waals surface area (Å²) in [5.41, 5.74) is 3.06. The highest BCUT2D eigenvalue weighted by Crippen LogP contribution is 2.24. The lowest BCUT2D eigenvalue weighted by Gasteiger charge is -2.24. The molecule has 0 N–H and O–H groups in total. The van der Waals surface area contributed by atoms with E-state index >= 15 is 0 Å². The molecule has 0 amide bonds. The minimum Gasteiger partial charge on any atom is -0.354 e. The molecular formula is C15H12ClFN2. The average molecular weight is 275 g/mol. The summed E-state index contributed by atoms with van der Waals surface area (Å²) in [6.45, 7) is 1.40. The third-order valence-electron chi connectivity index (χ3n) is 3.09. The summed E-state index contributed by atoms with van der Waals surface area (Å²) in [6.07, 6.45) is 1.80. The molecular weight excluding hydrogens is 263 g/mol. The molecule has 19 heavy (non-hydrogen) atoms. The second-order valence-electron chi connectivity index (χ2n) is 4.53. The Labute approximate surface area is 116 Å². The Bertz CT molecular complexity index is 640. The van der Waals surface area contributed by atoms with Gasteiger partial charge in [0.15, 0.2) is 0 Å². The molecule has 0 fully saturated rings. The van der Waals surface area contributed by atoms with Gasteiger partial charge in [-0.15, -0.1) is 0 Å². The summed E-state index contributed by atoms with van der Waals surface area (Å²) in [7, 11) is 0. The molecule has 0 aromatic heterocycles. The van der Waals surface area contributed by atoms with Gasteiger partial charge in [-0.1, -0.05) is 35.9 Å². The molecule has 1 aliphatic rings. The van der Waals surface area contributed by atoms with E-state index < -0.39 is 0 Å². The summed E-state index contributed by atoms with van der Waals surface area (Å²) in [5, 5.41) is 0.154. The first-order chi connectivity index (χ1) is 9.22. The minimum atomic E-state index is -0.381. The Morgan fingerprint density at radius 1 is 1.21 bits per heavy atom. The summed E-state index contributed by atoms with van der Waals surface area (Å²) >= 11 is 5.68. The van der Waals surface area contributed by atoms with Crippen LogP contribution in [0.4, 0.5) is 10.1 Å². The number of para-hydroxylation sites is 1. The third-order valence-corrected chi connectivity index (χ3v) is 3.40. The number of halogens is 2. The van der Waals surface area contributed by atoms with Gasteiger partial charge in [0.2, 0.25) is 0 Å². The molecule has 4 heteroatoms. The zero-order chi connectivity index (χ0) is 13.2. The molecule has 0 bridgehead atoms. The van der Waals surface area contributed by atoms with Gasteiger partial charge >= 0.3 is 0 Å². The zero-order valence-corrected chi connectivity index (χ0v) is 10.9. The van der Waals surface area contributed by atoms with Crippen LogP contribution >= 0.6 is 11.6 Å². The Balaban J connectivity index is 1.77. The maximum absolute atomic E-state index is 13.4. The molecule has 3 rings (SSSR count). The van der Waals surface area contributed by atoms with Crippen LogP contribution in [0.15, 0.2) is 47.5 Å². The first kappa shape index (κ1) is 12.2.